The van der Waals surface area contributed by atoms with E-state index < -0.39 is 0 Å². The quantitative estimate of drug-likeness (QED) is 0.164. The molecule has 0 N–H and O–H groups in total. The molecule has 13 rings (SSSR count). The molecule has 3 aliphatic heterocycles. The van der Waals surface area contributed by atoms with Gasteiger partial charge in [-0.05, 0) is 111 Å². The maximum Gasteiger partial charge on any atom is 0.333 e. The van der Waals surface area contributed by atoms with Crippen LogP contribution in [0, 0.1) is 0 Å². The molecule has 1 aromatic heterocycles. The molecule has 328 valence electrons. The first kappa shape index (κ1) is 40.8. The monoisotopic (exact) mass is 896 g/mol. The summed E-state index contributed by atoms with van der Waals surface area (Å²) in [5.74, 6) is 1.74. The Bertz CT molecular complexity index is 3680. The normalized spacial score (nSPS) is 13.7. The van der Waals surface area contributed by atoms with Crippen molar-refractivity contribution in [2.24, 2.45) is 0 Å². The van der Waals surface area contributed by atoms with E-state index in [1.807, 2.05) is 0 Å². The first-order chi connectivity index (χ1) is 33.0. The maximum absolute atomic E-state index is 7.11. The van der Waals surface area contributed by atoms with Crippen molar-refractivity contribution in [1.82, 2.24) is 0 Å². The van der Waals surface area contributed by atoms with Crippen LogP contribution in [0.3, 0.4) is 0 Å². The Balaban J connectivity index is 1.19. The van der Waals surface area contributed by atoms with Gasteiger partial charge in [0, 0.05) is 55.8 Å². The van der Waals surface area contributed by atoms with Gasteiger partial charge in [0.05, 0.1) is 15.5 Å². The van der Waals surface area contributed by atoms with Gasteiger partial charge in [0.2, 0.25) is 0 Å². The standard InChI is InChI=1S/C62H49BN2O2S/c1-61(2,3)40-29-31-48(44(33-40)38-19-9-7-10-20-38)64-51-37-57-55(66-54-27-17-18-28-56(54)68-57)36-47(51)63-59-52(64)35-46-42-23-14-16-26-53(42)67-60(46)58(59)43-24-13-15-25-49(43)65(63)50-32-30-41(62(4,5)6)34-45(50)39-21-11-8-12-22-39/h7-37H,1-6H3. The van der Waals surface area contributed by atoms with E-state index in [9.17, 15) is 0 Å². The molecule has 10 aromatic rings. The van der Waals surface area contributed by atoms with Crippen LogP contribution >= 0.6 is 11.8 Å². The first-order valence-electron chi connectivity index (χ1n) is 23.7. The second-order valence-electron chi connectivity index (χ2n) is 20.5. The summed E-state index contributed by atoms with van der Waals surface area (Å²) in [6.07, 6.45) is 0. The highest BCUT2D eigenvalue weighted by Gasteiger charge is 2.48. The Labute approximate surface area is 402 Å². The zero-order chi connectivity index (χ0) is 46.1. The third-order valence-electron chi connectivity index (χ3n) is 14.2. The average Bonchev–Trinajstić information content (AvgIpc) is 3.73. The van der Waals surface area contributed by atoms with Crippen LogP contribution in [0.4, 0.5) is 28.4 Å². The molecule has 4 nitrogen and oxygen atoms in total. The van der Waals surface area contributed by atoms with Gasteiger partial charge in [-0.2, -0.15) is 0 Å². The molecule has 0 aliphatic carbocycles. The maximum atomic E-state index is 7.11. The molecule has 0 fully saturated rings. The molecule has 3 aliphatic rings. The molecule has 0 atom stereocenters. The fraction of sp³-hybridized carbons (Fsp3) is 0.129. The number of benzene rings is 9. The number of rotatable bonds is 4. The van der Waals surface area contributed by atoms with Crippen molar-refractivity contribution in [2.45, 2.75) is 62.2 Å². The number of ether oxygens (including phenoxy) is 1. The molecule has 4 heterocycles. The van der Waals surface area contributed by atoms with E-state index >= 15 is 0 Å². The summed E-state index contributed by atoms with van der Waals surface area (Å²) >= 11 is 1.78. The van der Waals surface area contributed by atoms with E-state index in [4.69, 9.17) is 9.15 Å². The molecule has 0 radical (unpaired) electrons. The highest BCUT2D eigenvalue weighted by atomic mass is 32.2. The van der Waals surface area contributed by atoms with E-state index in [1.54, 1.807) is 11.8 Å². The van der Waals surface area contributed by atoms with Crippen molar-refractivity contribution in [2.75, 3.05) is 9.71 Å². The summed E-state index contributed by atoms with van der Waals surface area (Å²) in [5.41, 5.74) is 19.2. The number of hydrogen-bond donors (Lipinski definition) is 0. The van der Waals surface area contributed by atoms with Gasteiger partial charge in [-0.15, -0.1) is 0 Å². The first-order valence-corrected chi connectivity index (χ1v) is 24.5. The number of para-hydroxylation sites is 3. The molecular weight excluding hydrogens is 848 g/mol. The minimum atomic E-state index is -0.285. The van der Waals surface area contributed by atoms with Gasteiger partial charge >= 0.3 is 6.85 Å². The number of nitrogens with zero attached hydrogens (tertiary/aromatic N) is 2. The van der Waals surface area contributed by atoms with Crippen LogP contribution < -0.4 is 25.4 Å². The van der Waals surface area contributed by atoms with Gasteiger partial charge in [0.1, 0.15) is 22.7 Å². The highest BCUT2D eigenvalue weighted by Crippen LogP contribution is 2.55. The van der Waals surface area contributed by atoms with Crippen molar-refractivity contribution < 1.29 is 9.15 Å². The van der Waals surface area contributed by atoms with Crippen molar-refractivity contribution in [1.29, 1.82) is 0 Å². The number of fused-ring (bicyclic) bond motifs is 10. The SMILES string of the molecule is CC(C)(C)c1ccc(N2B3c4cc5c(cc4N(c4ccc(C(C)(C)C)cc4-c4ccccc4)c4cc6c(oc7ccccc76)c(c43)-c3ccccc32)Sc2ccccc2O5)c(-c2ccccc2)c1. The second-order valence-corrected chi connectivity index (χ2v) is 21.6. The lowest BCUT2D eigenvalue weighted by Gasteiger charge is -2.46. The van der Waals surface area contributed by atoms with E-state index in [0.717, 1.165) is 88.3 Å². The second kappa shape index (κ2) is 15.1. The molecule has 68 heavy (non-hydrogen) atoms. The third kappa shape index (κ3) is 6.30. The molecule has 0 unspecified atom stereocenters. The molecule has 6 heteroatoms. The van der Waals surface area contributed by atoms with E-state index in [2.05, 4.69) is 239 Å². The smallest absolute Gasteiger partial charge is 0.333 e. The van der Waals surface area contributed by atoms with Gasteiger partial charge in [0.25, 0.3) is 0 Å². The van der Waals surface area contributed by atoms with Crippen LogP contribution in [0.2, 0.25) is 0 Å². The lowest BCUT2D eigenvalue weighted by molar-refractivity contribution is 0.455. The van der Waals surface area contributed by atoms with Gasteiger partial charge in [-0.25, -0.2) is 0 Å². The molecule has 0 amide bonds. The lowest BCUT2D eigenvalue weighted by atomic mass is 9.43. The molecular formula is C62H49BN2O2S. The zero-order valence-corrected chi connectivity index (χ0v) is 39.9. The van der Waals surface area contributed by atoms with Crippen molar-refractivity contribution in [3.63, 3.8) is 0 Å². The Hall–Kier alpha value is -7.41. The van der Waals surface area contributed by atoms with Crippen LogP contribution in [0.1, 0.15) is 52.7 Å². The Morgan fingerprint density at radius 3 is 1.78 bits per heavy atom. The molecule has 0 saturated heterocycles. The zero-order valence-electron chi connectivity index (χ0n) is 39.1. The Morgan fingerprint density at radius 1 is 0.456 bits per heavy atom. The summed E-state index contributed by atoms with van der Waals surface area (Å²) < 4.78 is 14.1. The number of furan rings is 1. The number of hydrogen-bond acceptors (Lipinski definition) is 5. The van der Waals surface area contributed by atoms with E-state index in [1.165, 1.54) is 38.8 Å². The van der Waals surface area contributed by atoms with Crippen LogP contribution in [0.15, 0.2) is 202 Å². The van der Waals surface area contributed by atoms with Gasteiger partial charge in [0.15, 0.2) is 0 Å². The van der Waals surface area contributed by atoms with E-state index in [-0.39, 0.29) is 17.7 Å². The molecule has 9 aromatic carbocycles. The van der Waals surface area contributed by atoms with Crippen LogP contribution in [-0.2, 0) is 10.8 Å². The Kier molecular flexibility index (Phi) is 9.04. The summed E-state index contributed by atoms with van der Waals surface area (Å²) in [4.78, 5) is 7.38. The number of anilines is 5. The van der Waals surface area contributed by atoms with Gasteiger partial charge in [-0.1, -0.05) is 175 Å². The minimum Gasteiger partial charge on any atom is -0.455 e. The molecule has 0 bridgehead atoms. The summed E-state index contributed by atoms with van der Waals surface area (Å²) in [5, 5.41) is 2.20. The van der Waals surface area contributed by atoms with Gasteiger partial charge in [-0.3, -0.25) is 0 Å². The largest absolute Gasteiger partial charge is 0.455 e. The van der Waals surface area contributed by atoms with E-state index in [0.29, 0.717) is 0 Å². The predicted molar refractivity (Wildman–Crippen MR) is 286 cm³/mol. The predicted octanol–water partition coefficient (Wildman–Crippen LogP) is 16.5. The average molecular weight is 897 g/mol. The Morgan fingerprint density at radius 2 is 1.06 bits per heavy atom. The molecule has 0 saturated carbocycles. The van der Waals surface area contributed by atoms with Crippen LogP contribution in [0.25, 0.3) is 55.3 Å². The van der Waals surface area contributed by atoms with Crippen molar-refractivity contribution in [3.05, 3.63) is 199 Å². The summed E-state index contributed by atoms with van der Waals surface area (Å²) in [6, 6.07) is 69.1. The lowest BCUT2D eigenvalue weighted by Crippen LogP contribution is -2.61. The highest BCUT2D eigenvalue weighted by molar-refractivity contribution is 7.99. The van der Waals surface area contributed by atoms with Crippen molar-refractivity contribution >= 4 is 79.9 Å². The summed E-state index contributed by atoms with van der Waals surface area (Å²) in [6.45, 7) is 13.5. The van der Waals surface area contributed by atoms with Crippen molar-refractivity contribution in [3.8, 4) is 44.9 Å². The molecule has 0 spiro atoms. The fourth-order valence-corrected chi connectivity index (χ4v) is 11.8. The fourth-order valence-electron chi connectivity index (χ4n) is 10.8. The van der Waals surface area contributed by atoms with Gasteiger partial charge < -0.3 is 18.9 Å². The third-order valence-corrected chi connectivity index (χ3v) is 15.3. The minimum absolute atomic E-state index is 0.0597. The summed E-state index contributed by atoms with van der Waals surface area (Å²) in [7, 11) is 0. The van der Waals surface area contributed by atoms with Crippen LogP contribution in [-0.4, -0.2) is 6.85 Å². The van der Waals surface area contributed by atoms with Crippen LogP contribution in [0.5, 0.6) is 11.5 Å². The topological polar surface area (TPSA) is 28.9 Å².